The van der Waals surface area contributed by atoms with Crippen LogP contribution in [0.2, 0.25) is 0 Å². The number of hydrogen-bond donors (Lipinski definition) is 1. The SMILES string of the molecule is CCN(CC)CC.C[C@@H]1c2c(OCc3ccccc3)cccc2[C@H](C)[C@@H]2C[C@H]3[C@H](N(C)C)c4onc(OCc5ccccc5)c4C(=O)[C@@]3(O)C(=O)[C@]12Sc1ccccc1.F.F.F. The van der Waals surface area contributed by atoms with Crippen LogP contribution in [0.25, 0.3) is 0 Å². The fraction of sp³-hybridized carbons (Fsp3) is 0.408. The van der Waals surface area contributed by atoms with Crippen molar-refractivity contribution >= 4 is 23.3 Å². The summed E-state index contributed by atoms with van der Waals surface area (Å²) < 4.78 is 17.3. The molecule has 334 valence electrons. The van der Waals surface area contributed by atoms with Gasteiger partial charge < -0.3 is 24.0 Å². The molecule has 62 heavy (non-hydrogen) atoms. The molecule has 0 amide bonds. The number of fused-ring (bicyclic) bond motifs is 4. The van der Waals surface area contributed by atoms with Crippen LogP contribution in [-0.2, 0) is 18.0 Å². The molecular formula is C49H60F3N3O6S. The number of ether oxygens (including phenoxy) is 2. The Balaban J connectivity index is 0.000000781. The van der Waals surface area contributed by atoms with Gasteiger partial charge in [0.1, 0.15) is 24.5 Å². The van der Waals surface area contributed by atoms with Gasteiger partial charge in [-0.05, 0) is 92.0 Å². The van der Waals surface area contributed by atoms with Gasteiger partial charge in [0.15, 0.2) is 17.1 Å². The predicted octanol–water partition coefficient (Wildman–Crippen LogP) is 9.83. The standard InChI is InChI=1S/C43H42N2O6S.C6H15N.3FH/c1-26-31-21-14-22-34(49-24-28-15-8-5-9-16-28)35(31)27(2)43(52-30-19-12-7-13-20-30)32(26)23-33-37(45(3)4)38-36(39(46)42(33,48)41(43)47)40(44-51-38)50-25-29-17-10-6-11-18-29;1-4-7(5-2)6-3;;;/h5-22,26-27,32-33,37,48H,23-25H2,1-4H3;4-6H2,1-3H3;3*1H/t26-,27+,32-,33-,37-,42+,43-;;;;/m0..../s1. The van der Waals surface area contributed by atoms with Gasteiger partial charge >= 0.3 is 0 Å². The van der Waals surface area contributed by atoms with Crippen LogP contribution in [0.1, 0.15) is 97.3 Å². The highest BCUT2D eigenvalue weighted by atomic mass is 32.2. The van der Waals surface area contributed by atoms with E-state index in [2.05, 4.69) is 50.7 Å². The average Bonchev–Trinajstić information content (AvgIpc) is 3.68. The first-order valence-corrected chi connectivity index (χ1v) is 21.7. The Kier molecular flexibility index (Phi) is 16.8. The number of hydrogen-bond acceptors (Lipinski definition) is 10. The average molecular weight is 876 g/mol. The van der Waals surface area contributed by atoms with Crippen LogP contribution in [-0.4, -0.2) is 75.7 Å². The third-order valence-corrected chi connectivity index (χ3v) is 14.5. The van der Waals surface area contributed by atoms with Crippen molar-refractivity contribution in [3.8, 4) is 11.6 Å². The molecule has 0 unspecified atom stereocenters. The number of benzene rings is 4. The Morgan fingerprint density at radius 2 is 1.31 bits per heavy atom. The Morgan fingerprint density at radius 1 is 0.758 bits per heavy atom. The number of nitrogens with zero attached hydrogens (tertiary/aromatic N) is 3. The van der Waals surface area contributed by atoms with Gasteiger partial charge in [-0.25, -0.2) is 0 Å². The summed E-state index contributed by atoms with van der Waals surface area (Å²) in [6.45, 7) is 14.9. The number of thioether (sulfide) groups is 1. The van der Waals surface area contributed by atoms with Crippen LogP contribution in [0, 0.1) is 11.8 Å². The van der Waals surface area contributed by atoms with Crippen molar-refractivity contribution in [1.82, 2.24) is 15.0 Å². The van der Waals surface area contributed by atoms with E-state index >= 15 is 4.79 Å². The van der Waals surface area contributed by atoms with E-state index < -0.39 is 39.8 Å². The van der Waals surface area contributed by atoms with E-state index in [1.807, 2.05) is 122 Å². The van der Waals surface area contributed by atoms with Gasteiger partial charge in [0.05, 0.1) is 10.8 Å². The Morgan fingerprint density at radius 3 is 1.84 bits per heavy atom. The number of carbonyl (C=O) groups excluding carboxylic acids is 2. The molecule has 1 heterocycles. The molecule has 3 aliphatic rings. The van der Waals surface area contributed by atoms with Crippen LogP contribution < -0.4 is 9.47 Å². The molecule has 1 aromatic heterocycles. The first-order valence-electron chi connectivity index (χ1n) is 20.9. The van der Waals surface area contributed by atoms with Crippen molar-refractivity contribution < 1.29 is 42.8 Å². The molecule has 1 fully saturated rings. The molecule has 5 aromatic rings. The van der Waals surface area contributed by atoms with Gasteiger partial charge in [0.2, 0.25) is 5.78 Å². The van der Waals surface area contributed by atoms with Crippen molar-refractivity contribution in [2.45, 2.75) is 87.4 Å². The number of rotatable bonds is 12. The molecule has 7 atom stereocenters. The first kappa shape index (κ1) is 49.7. The summed E-state index contributed by atoms with van der Waals surface area (Å²) in [6, 6.07) is 34.9. The molecule has 0 aliphatic heterocycles. The van der Waals surface area contributed by atoms with Crippen LogP contribution >= 0.6 is 11.8 Å². The summed E-state index contributed by atoms with van der Waals surface area (Å²) in [6.07, 6.45) is 0.400. The van der Waals surface area contributed by atoms with E-state index in [4.69, 9.17) is 14.0 Å². The zero-order chi connectivity index (χ0) is 41.9. The van der Waals surface area contributed by atoms with Gasteiger partial charge in [0, 0.05) is 22.3 Å². The molecule has 3 aliphatic carbocycles. The highest BCUT2D eigenvalue weighted by Crippen LogP contribution is 2.67. The van der Waals surface area contributed by atoms with E-state index in [1.165, 1.54) is 31.4 Å². The van der Waals surface area contributed by atoms with Crippen molar-refractivity contribution in [2.24, 2.45) is 11.8 Å². The molecule has 4 aromatic carbocycles. The lowest BCUT2D eigenvalue weighted by Crippen LogP contribution is -2.71. The van der Waals surface area contributed by atoms with Gasteiger partial charge in [-0.1, -0.05) is 126 Å². The molecule has 0 bridgehead atoms. The molecule has 0 spiro atoms. The lowest BCUT2D eigenvalue weighted by molar-refractivity contribution is -0.155. The van der Waals surface area contributed by atoms with Gasteiger partial charge in [-0.3, -0.25) is 28.6 Å². The molecular weight excluding hydrogens is 816 g/mol. The minimum atomic E-state index is -2.37. The Labute approximate surface area is 367 Å². The largest absolute Gasteiger partial charge is 0.489 e. The van der Waals surface area contributed by atoms with E-state index in [9.17, 15) is 9.90 Å². The molecule has 8 rings (SSSR count). The highest BCUT2D eigenvalue weighted by Gasteiger charge is 2.73. The third kappa shape index (κ3) is 8.82. The van der Waals surface area contributed by atoms with Crippen molar-refractivity contribution in [3.05, 3.63) is 143 Å². The number of aromatic nitrogens is 1. The fourth-order valence-electron chi connectivity index (χ4n) is 9.74. The molecule has 9 nitrogen and oxygen atoms in total. The first-order chi connectivity index (χ1) is 28.5. The maximum atomic E-state index is 15.9. The molecule has 0 saturated heterocycles. The van der Waals surface area contributed by atoms with Crippen molar-refractivity contribution in [3.63, 3.8) is 0 Å². The van der Waals surface area contributed by atoms with Gasteiger partial charge in [-0.15, -0.1) is 11.8 Å². The zero-order valence-electron chi connectivity index (χ0n) is 36.5. The summed E-state index contributed by atoms with van der Waals surface area (Å²) in [7, 11) is 3.75. The number of halogens is 3. The lowest BCUT2D eigenvalue weighted by atomic mass is 9.50. The summed E-state index contributed by atoms with van der Waals surface area (Å²) >= 11 is 1.46. The monoisotopic (exact) mass is 875 g/mol. The minimum Gasteiger partial charge on any atom is -0.489 e. The number of aliphatic hydroxyl groups is 1. The zero-order valence-corrected chi connectivity index (χ0v) is 37.3. The van der Waals surface area contributed by atoms with Crippen LogP contribution in [0.15, 0.2) is 119 Å². The van der Waals surface area contributed by atoms with E-state index in [0.717, 1.165) is 27.1 Å². The summed E-state index contributed by atoms with van der Waals surface area (Å²) in [4.78, 5) is 36.0. The Bertz CT molecular complexity index is 2220. The second kappa shape index (κ2) is 20.9. The van der Waals surface area contributed by atoms with E-state index in [-0.39, 0.29) is 44.0 Å². The fourth-order valence-corrected chi connectivity index (χ4v) is 11.4. The number of Topliss-reactive ketones (excluding diaryl/α,β-unsaturated/α-hetero) is 2. The summed E-state index contributed by atoms with van der Waals surface area (Å²) in [5.74, 6) is -1.76. The summed E-state index contributed by atoms with van der Waals surface area (Å²) in [5.41, 5.74) is 1.63. The second-order valence-electron chi connectivity index (χ2n) is 16.2. The van der Waals surface area contributed by atoms with E-state index in [1.54, 1.807) is 0 Å². The maximum absolute atomic E-state index is 15.9. The molecule has 1 saturated carbocycles. The number of ketones is 2. The molecule has 1 N–H and O–H groups in total. The predicted molar refractivity (Wildman–Crippen MR) is 240 cm³/mol. The lowest BCUT2D eigenvalue weighted by Gasteiger charge is -2.60. The third-order valence-electron chi connectivity index (χ3n) is 12.9. The van der Waals surface area contributed by atoms with Crippen molar-refractivity contribution in [1.29, 1.82) is 0 Å². The smallest absolute Gasteiger partial charge is 0.265 e. The highest BCUT2D eigenvalue weighted by molar-refractivity contribution is 8.01. The van der Waals surface area contributed by atoms with Gasteiger partial charge in [0.25, 0.3) is 5.88 Å². The van der Waals surface area contributed by atoms with Crippen LogP contribution in [0.5, 0.6) is 11.6 Å². The van der Waals surface area contributed by atoms with Crippen molar-refractivity contribution in [2.75, 3.05) is 33.7 Å². The quantitative estimate of drug-likeness (QED) is 0.122. The van der Waals surface area contributed by atoms with Crippen LogP contribution in [0.3, 0.4) is 0 Å². The normalized spacial score (nSPS) is 24.4. The molecule has 13 heteroatoms. The van der Waals surface area contributed by atoms with Gasteiger partial charge in [-0.2, -0.15) is 0 Å². The van der Waals surface area contributed by atoms with E-state index in [0.29, 0.717) is 24.5 Å². The Hall–Kier alpha value is -4.95. The maximum Gasteiger partial charge on any atom is 0.265 e. The second-order valence-corrected chi connectivity index (χ2v) is 17.5. The minimum absolute atomic E-state index is 0. The molecule has 0 radical (unpaired) electrons. The summed E-state index contributed by atoms with van der Waals surface area (Å²) in [5, 5.41) is 17.3. The number of carbonyl (C=O) groups is 2. The van der Waals surface area contributed by atoms with Crippen LogP contribution in [0.4, 0.5) is 14.1 Å². The topological polar surface area (TPSA) is 105 Å².